The Morgan fingerprint density at radius 2 is 1.88 bits per heavy atom. The van der Waals surface area contributed by atoms with E-state index >= 15 is 0 Å². The Kier molecular flexibility index (Phi) is 2.64. The van der Waals surface area contributed by atoms with Crippen LogP contribution < -0.4 is 5.06 Å². The quantitative estimate of drug-likeness (QED) is 0.783. The van der Waals surface area contributed by atoms with Crippen molar-refractivity contribution < 1.29 is 4.84 Å². The van der Waals surface area contributed by atoms with E-state index < -0.39 is 0 Å². The minimum atomic E-state index is -0.0738. The van der Waals surface area contributed by atoms with Gasteiger partial charge in [-0.05, 0) is 32.9 Å². The molecule has 3 heteroatoms. The first-order valence-electron chi connectivity index (χ1n) is 5.44. The zero-order valence-corrected chi connectivity index (χ0v) is 10.2. The number of rotatable bonds is 2. The number of anilines is 1. The standard InChI is InChI=1S/C13H18N2O/c1-13(2,3)15(16-4)12-9-10-7-5-6-8-11(10)14-12/h5-9,14H,1-4H3. The highest BCUT2D eigenvalue weighted by atomic mass is 16.7. The van der Waals surface area contributed by atoms with Crippen LogP contribution in [-0.2, 0) is 4.84 Å². The second kappa shape index (κ2) is 3.83. The van der Waals surface area contributed by atoms with Gasteiger partial charge in [0.2, 0.25) is 0 Å². The molecule has 0 bridgehead atoms. The van der Waals surface area contributed by atoms with Gasteiger partial charge in [0.15, 0.2) is 0 Å². The fourth-order valence-corrected chi connectivity index (χ4v) is 1.90. The molecule has 3 nitrogen and oxygen atoms in total. The van der Waals surface area contributed by atoms with E-state index in [2.05, 4.69) is 44.0 Å². The molecule has 2 aromatic rings. The summed E-state index contributed by atoms with van der Waals surface area (Å²) in [6.07, 6.45) is 0. The molecule has 0 fully saturated rings. The van der Waals surface area contributed by atoms with Gasteiger partial charge in [-0.2, -0.15) is 0 Å². The van der Waals surface area contributed by atoms with Crippen LogP contribution in [0, 0.1) is 0 Å². The number of nitrogens with one attached hydrogen (secondary N) is 1. The summed E-state index contributed by atoms with van der Waals surface area (Å²) in [5, 5.41) is 3.08. The second-order valence-corrected chi connectivity index (χ2v) is 4.89. The zero-order chi connectivity index (χ0) is 11.8. The second-order valence-electron chi connectivity index (χ2n) is 4.89. The monoisotopic (exact) mass is 218 g/mol. The largest absolute Gasteiger partial charge is 0.340 e. The third kappa shape index (κ3) is 1.91. The number of H-pyrrole nitrogens is 1. The molecule has 0 unspecified atom stereocenters. The van der Waals surface area contributed by atoms with Crippen molar-refractivity contribution in [1.82, 2.24) is 4.98 Å². The predicted molar refractivity (Wildman–Crippen MR) is 67.5 cm³/mol. The molecule has 16 heavy (non-hydrogen) atoms. The maximum atomic E-state index is 5.43. The number of benzene rings is 1. The van der Waals surface area contributed by atoms with E-state index in [-0.39, 0.29) is 5.54 Å². The number of aromatic amines is 1. The Balaban J connectivity index is 2.46. The minimum absolute atomic E-state index is 0.0738. The Hall–Kier alpha value is -1.48. The average molecular weight is 218 g/mol. The molecule has 0 saturated heterocycles. The van der Waals surface area contributed by atoms with Crippen molar-refractivity contribution in [3.8, 4) is 0 Å². The maximum Gasteiger partial charge on any atom is 0.132 e. The average Bonchev–Trinajstić information content (AvgIpc) is 2.59. The fourth-order valence-electron chi connectivity index (χ4n) is 1.90. The number of hydroxylamine groups is 1. The summed E-state index contributed by atoms with van der Waals surface area (Å²) in [4.78, 5) is 8.79. The summed E-state index contributed by atoms with van der Waals surface area (Å²) in [5.41, 5.74) is 1.05. The van der Waals surface area contributed by atoms with Gasteiger partial charge in [-0.1, -0.05) is 18.2 Å². The number of hydrogen-bond acceptors (Lipinski definition) is 2. The number of aromatic nitrogens is 1. The fraction of sp³-hybridized carbons (Fsp3) is 0.385. The van der Waals surface area contributed by atoms with Crippen LogP contribution in [0.5, 0.6) is 0 Å². The molecule has 0 atom stereocenters. The number of para-hydroxylation sites is 1. The summed E-state index contributed by atoms with van der Waals surface area (Å²) in [6, 6.07) is 10.3. The Bertz CT molecular complexity index is 449. The molecule has 1 aromatic carbocycles. The van der Waals surface area contributed by atoms with E-state index in [1.165, 1.54) is 5.39 Å². The SMILES string of the molecule is CON(c1cc2ccccc2[nH]1)C(C)(C)C. The molecular formula is C13H18N2O. The molecule has 0 aliphatic rings. The molecule has 1 heterocycles. The molecule has 0 amide bonds. The molecule has 2 rings (SSSR count). The summed E-state index contributed by atoms with van der Waals surface area (Å²) < 4.78 is 0. The van der Waals surface area contributed by atoms with Crippen LogP contribution in [0.4, 0.5) is 5.82 Å². The lowest BCUT2D eigenvalue weighted by Crippen LogP contribution is -2.40. The first-order chi connectivity index (χ1) is 7.52. The van der Waals surface area contributed by atoms with Crippen LogP contribution in [0.3, 0.4) is 0 Å². The normalized spacial score (nSPS) is 12.0. The van der Waals surface area contributed by atoms with Crippen molar-refractivity contribution in [3.63, 3.8) is 0 Å². The zero-order valence-electron chi connectivity index (χ0n) is 10.2. The van der Waals surface area contributed by atoms with Crippen molar-refractivity contribution in [2.75, 3.05) is 12.2 Å². The number of nitrogens with zero attached hydrogens (tertiary/aromatic N) is 1. The topological polar surface area (TPSA) is 28.3 Å². The molecule has 0 spiro atoms. The summed E-state index contributed by atoms with van der Waals surface area (Å²) in [5.74, 6) is 0.983. The van der Waals surface area contributed by atoms with Gasteiger partial charge < -0.3 is 4.98 Å². The lowest BCUT2D eigenvalue weighted by molar-refractivity contribution is 0.112. The van der Waals surface area contributed by atoms with Gasteiger partial charge in [0, 0.05) is 10.9 Å². The van der Waals surface area contributed by atoms with Gasteiger partial charge >= 0.3 is 0 Å². The minimum Gasteiger partial charge on any atom is -0.340 e. The maximum absolute atomic E-state index is 5.43. The van der Waals surface area contributed by atoms with Gasteiger partial charge in [0.1, 0.15) is 5.82 Å². The molecule has 0 radical (unpaired) electrons. The van der Waals surface area contributed by atoms with Crippen molar-refractivity contribution in [3.05, 3.63) is 30.3 Å². The third-order valence-corrected chi connectivity index (χ3v) is 2.53. The summed E-state index contributed by atoms with van der Waals surface area (Å²) in [7, 11) is 1.69. The van der Waals surface area contributed by atoms with Gasteiger partial charge in [0.05, 0.1) is 12.6 Å². The van der Waals surface area contributed by atoms with E-state index in [0.29, 0.717) is 0 Å². The van der Waals surface area contributed by atoms with Gasteiger partial charge in [0.25, 0.3) is 0 Å². The number of hydrogen-bond donors (Lipinski definition) is 1. The van der Waals surface area contributed by atoms with Crippen molar-refractivity contribution in [2.24, 2.45) is 0 Å². The van der Waals surface area contributed by atoms with Crippen LogP contribution in [-0.4, -0.2) is 17.6 Å². The van der Waals surface area contributed by atoms with Gasteiger partial charge in [-0.25, -0.2) is 5.06 Å². The van der Waals surface area contributed by atoms with E-state index in [1.54, 1.807) is 7.11 Å². The van der Waals surface area contributed by atoms with E-state index in [4.69, 9.17) is 4.84 Å². The summed E-state index contributed by atoms with van der Waals surface area (Å²) in [6.45, 7) is 6.34. The molecule has 0 saturated carbocycles. The van der Waals surface area contributed by atoms with E-state index in [0.717, 1.165) is 11.3 Å². The first kappa shape index (κ1) is 11.0. The van der Waals surface area contributed by atoms with Gasteiger partial charge in [-0.15, -0.1) is 0 Å². The predicted octanol–water partition coefficient (Wildman–Crippen LogP) is 3.33. The molecular weight excluding hydrogens is 200 g/mol. The highest BCUT2D eigenvalue weighted by Gasteiger charge is 2.23. The molecule has 1 N–H and O–H groups in total. The van der Waals surface area contributed by atoms with Crippen molar-refractivity contribution >= 4 is 16.7 Å². The first-order valence-corrected chi connectivity index (χ1v) is 5.44. The molecule has 0 aliphatic heterocycles. The van der Waals surface area contributed by atoms with Crippen LogP contribution in [0.25, 0.3) is 10.9 Å². The Morgan fingerprint density at radius 3 is 2.44 bits per heavy atom. The van der Waals surface area contributed by atoms with E-state index in [9.17, 15) is 0 Å². The van der Waals surface area contributed by atoms with Gasteiger partial charge in [-0.3, -0.25) is 4.84 Å². The smallest absolute Gasteiger partial charge is 0.132 e. The Labute approximate surface area is 96.0 Å². The molecule has 86 valence electrons. The Morgan fingerprint density at radius 1 is 1.19 bits per heavy atom. The number of fused-ring (bicyclic) bond motifs is 1. The lowest BCUT2D eigenvalue weighted by Gasteiger charge is -2.33. The molecule has 0 aliphatic carbocycles. The van der Waals surface area contributed by atoms with Crippen LogP contribution in [0.1, 0.15) is 20.8 Å². The third-order valence-electron chi connectivity index (χ3n) is 2.53. The van der Waals surface area contributed by atoms with Crippen LogP contribution in [0.2, 0.25) is 0 Å². The van der Waals surface area contributed by atoms with Crippen molar-refractivity contribution in [2.45, 2.75) is 26.3 Å². The molecule has 1 aromatic heterocycles. The summed E-state index contributed by atoms with van der Waals surface area (Å²) >= 11 is 0. The lowest BCUT2D eigenvalue weighted by atomic mass is 10.1. The highest BCUT2D eigenvalue weighted by Crippen LogP contribution is 2.26. The highest BCUT2D eigenvalue weighted by molar-refractivity contribution is 5.83. The van der Waals surface area contributed by atoms with Crippen LogP contribution in [0.15, 0.2) is 30.3 Å². The van der Waals surface area contributed by atoms with Crippen molar-refractivity contribution in [1.29, 1.82) is 0 Å². The van der Waals surface area contributed by atoms with E-state index in [1.807, 2.05) is 17.2 Å². The van der Waals surface area contributed by atoms with Crippen LogP contribution >= 0.6 is 0 Å².